The maximum atomic E-state index is 13.4. The summed E-state index contributed by atoms with van der Waals surface area (Å²) in [5, 5.41) is 0. The Hall–Kier alpha value is -3.18. The van der Waals surface area contributed by atoms with Crippen molar-refractivity contribution >= 4 is 106 Å². The van der Waals surface area contributed by atoms with Crippen molar-refractivity contribution < 1.29 is 71.4 Å². The first-order valence-electron chi connectivity index (χ1n) is 34.1. The summed E-state index contributed by atoms with van der Waals surface area (Å²) in [7, 11) is 0. The first kappa shape index (κ1) is 81.8. The highest BCUT2D eigenvalue weighted by atomic mass is 32.2. The van der Waals surface area contributed by atoms with E-state index in [1.807, 2.05) is 121 Å². The molecule has 3 aliphatic heterocycles. The van der Waals surface area contributed by atoms with Crippen LogP contribution >= 0.6 is 70.6 Å². The van der Waals surface area contributed by atoms with Gasteiger partial charge in [-0.2, -0.15) is 35.3 Å². The first-order chi connectivity index (χ1) is 46.3. The van der Waals surface area contributed by atoms with Gasteiger partial charge in [-0.25, -0.2) is 0 Å². The lowest BCUT2D eigenvalue weighted by molar-refractivity contribution is -0.161. The van der Waals surface area contributed by atoms with E-state index in [4.69, 9.17) is 42.6 Å². The highest BCUT2D eigenvalue weighted by molar-refractivity contribution is 8.00. The molecule has 0 aliphatic carbocycles. The maximum absolute atomic E-state index is 13.4. The molecular formula is C72H107N3O15S6. The van der Waals surface area contributed by atoms with E-state index < -0.39 is 22.0 Å². The number of ether oxygens (including phenoxy) is 9. The third-order valence-electron chi connectivity index (χ3n) is 17.4. The predicted octanol–water partition coefficient (Wildman–Crippen LogP) is 11.9. The number of rotatable bonds is 49. The molecule has 18 nitrogen and oxygen atoms in total. The number of benzene rings is 3. The molecule has 0 spiro atoms. The largest absolute Gasteiger partial charge is 0.465 e. The van der Waals surface area contributed by atoms with Crippen molar-refractivity contribution in [1.82, 2.24) is 14.7 Å². The number of esters is 3. The molecule has 24 heteroatoms. The molecule has 0 N–H and O–H groups in total. The zero-order chi connectivity index (χ0) is 68.9. The minimum Gasteiger partial charge on any atom is -0.465 e. The van der Waals surface area contributed by atoms with Crippen LogP contribution in [0.5, 0.6) is 0 Å². The third-order valence-corrected chi connectivity index (χ3v) is 23.5. The molecule has 0 aromatic heterocycles. The molecule has 0 radical (unpaired) electrons. The molecule has 3 aromatic rings. The summed E-state index contributed by atoms with van der Waals surface area (Å²) in [5.74, 6) is 5.83. The number of nitrogens with zero attached hydrogens (tertiary/aromatic N) is 3. The van der Waals surface area contributed by atoms with Gasteiger partial charge in [0.2, 0.25) is 0 Å². The Morgan fingerprint density at radius 1 is 0.375 bits per heavy atom. The van der Waals surface area contributed by atoms with Crippen LogP contribution in [0.3, 0.4) is 0 Å². The van der Waals surface area contributed by atoms with Crippen LogP contribution in [0.15, 0.2) is 87.5 Å². The van der Waals surface area contributed by atoms with E-state index in [2.05, 4.69) is 14.7 Å². The van der Waals surface area contributed by atoms with Crippen LogP contribution in [-0.2, 0) is 57.0 Å². The lowest BCUT2D eigenvalue weighted by atomic mass is 9.88. The Labute approximate surface area is 597 Å². The summed E-state index contributed by atoms with van der Waals surface area (Å²) < 4.78 is 51.6. The van der Waals surface area contributed by atoms with Crippen LogP contribution in [-0.4, -0.2) is 257 Å². The van der Waals surface area contributed by atoms with Crippen LogP contribution in [0.2, 0.25) is 0 Å². The SMILES string of the molecule is CCC(COC(=O)CCSCCCOCCSc1ccc(C(=O)C(C)(C)N2CCOCC2)cc1)(COC(=O)CCSCCCOCCSc1ccc(C(=O)C(C)(C)N2CCOCC2)cc1)COC(=O)CCSCCCOCCSc1ccc(C(=O)C(C)(C)N2CCOCC2)cc1. The van der Waals surface area contributed by atoms with E-state index >= 15 is 0 Å². The molecule has 96 heavy (non-hydrogen) atoms. The summed E-state index contributed by atoms with van der Waals surface area (Å²) >= 11 is 10.1. The van der Waals surface area contributed by atoms with E-state index in [0.29, 0.717) is 120 Å². The predicted molar refractivity (Wildman–Crippen MR) is 392 cm³/mol. The number of thioether (sulfide) groups is 6. The van der Waals surface area contributed by atoms with Crippen LogP contribution in [0, 0.1) is 5.41 Å². The molecule has 0 unspecified atom stereocenters. The Bertz CT molecular complexity index is 2470. The van der Waals surface area contributed by atoms with E-state index in [-0.39, 0.29) is 74.3 Å². The number of hydrogen-bond acceptors (Lipinski definition) is 24. The van der Waals surface area contributed by atoms with Gasteiger partial charge in [-0.1, -0.05) is 43.3 Å². The van der Waals surface area contributed by atoms with E-state index in [1.54, 1.807) is 70.6 Å². The minimum absolute atomic E-state index is 0.0572. The standard InChI is InChI=1S/C72H107N3O15S6/c1-8-72(54-88-63(76)24-48-91-45-9-33-82-42-51-94-60-18-12-57(13-19-60)66(79)69(2,3)73-27-36-85-37-28-73,55-89-64(77)25-49-92-46-10-34-83-43-52-95-61-20-14-58(15-21-61)67(80)70(4,5)74-29-38-86-39-30-74)56-90-65(78)26-50-93-47-11-35-84-44-53-96-62-22-16-59(17-23-62)68(81)71(6,7)75-31-40-87-41-32-75/h12-23H,8-11,24-56H2,1-7H3. The number of carbonyl (C=O) groups excluding carboxylic acids is 6. The summed E-state index contributed by atoms with van der Waals surface area (Å²) in [6.45, 7) is 25.7. The first-order valence-corrected chi connectivity index (χ1v) is 40.5. The van der Waals surface area contributed by atoms with Crippen molar-refractivity contribution in [2.24, 2.45) is 5.41 Å². The second-order valence-corrected chi connectivity index (χ2v) is 32.6. The molecule has 0 saturated carbocycles. The van der Waals surface area contributed by atoms with Crippen molar-refractivity contribution in [1.29, 1.82) is 0 Å². The van der Waals surface area contributed by atoms with Gasteiger partial charge in [0.1, 0.15) is 19.8 Å². The third kappa shape index (κ3) is 29.0. The highest BCUT2D eigenvalue weighted by Gasteiger charge is 2.39. The summed E-state index contributed by atoms with van der Waals surface area (Å²) in [4.78, 5) is 89.3. The minimum atomic E-state index is -0.913. The molecule has 3 aromatic carbocycles. The molecule has 3 saturated heterocycles. The molecule has 536 valence electrons. The number of Topliss-reactive ketones (excluding diaryl/α,β-unsaturated/α-hetero) is 3. The number of morpholine rings is 3. The van der Waals surface area contributed by atoms with Crippen LogP contribution in [0.25, 0.3) is 0 Å². The van der Waals surface area contributed by atoms with Crippen LogP contribution < -0.4 is 0 Å². The molecule has 0 bridgehead atoms. The quantitative estimate of drug-likeness (QED) is 0.0170. The summed E-state index contributed by atoms with van der Waals surface area (Å²) in [6, 6.07) is 23.5. The second-order valence-electron chi connectivity index (χ2n) is 25.4. The van der Waals surface area contributed by atoms with Crippen molar-refractivity contribution in [3.8, 4) is 0 Å². The van der Waals surface area contributed by atoms with E-state index in [0.717, 1.165) is 108 Å². The fourth-order valence-corrected chi connectivity index (χ4v) is 15.6. The highest BCUT2D eigenvalue weighted by Crippen LogP contribution is 2.30. The fourth-order valence-electron chi connectivity index (χ4n) is 10.8. The van der Waals surface area contributed by atoms with Gasteiger partial charge in [-0.3, -0.25) is 43.5 Å². The lowest BCUT2D eigenvalue weighted by Gasteiger charge is -2.39. The Kier molecular flexibility index (Phi) is 38.3. The monoisotopic (exact) mass is 1450 g/mol. The lowest BCUT2D eigenvalue weighted by Crippen LogP contribution is -2.54. The van der Waals surface area contributed by atoms with Crippen LogP contribution in [0.4, 0.5) is 0 Å². The van der Waals surface area contributed by atoms with Crippen LogP contribution in [0.1, 0.15) is 124 Å². The second kappa shape index (κ2) is 44.9. The average molecular weight is 1450 g/mol. The summed E-state index contributed by atoms with van der Waals surface area (Å²) in [6.07, 6.45) is 3.59. The molecule has 3 heterocycles. The van der Waals surface area contributed by atoms with Gasteiger partial charge >= 0.3 is 17.9 Å². The smallest absolute Gasteiger partial charge is 0.306 e. The van der Waals surface area contributed by atoms with E-state index in [9.17, 15) is 28.8 Å². The number of hydrogen-bond donors (Lipinski definition) is 0. The van der Waals surface area contributed by atoms with Gasteiger partial charge in [0.25, 0.3) is 0 Å². The van der Waals surface area contributed by atoms with Gasteiger partial charge in [0.05, 0.1) is 101 Å². The van der Waals surface area contributed by atoms with Crippen molar-refractivity contribution in [3.63, 3.8) is 0 Å². The normalized spacial score (nSPS) is 15.5. The van der Waals surface area contributed by atoms with Crippen molar-refractivity contribution in [2.45, 2.75) is 125 Å². The van der Waals surface area contributed by atoms with Gasteiger partial charge in [0, 0.05) is 125 Å². The molecule has 0 amide bonds. The van der Waals surface area contributed by atoms with Crippen molar-refractivity contribution in [3.05, 3.63) is 89.5 Å². The van der Waals surface area contributed by atoms with Gasteiger partial charge in [-0.15, -0.1) is 35.3 Å². The fraction of sp³-hybridized carbons (Fsp3) is 0.667. The molecule has 3 fully saturated rings. The molecule has 3 aliphatic rings. The maximum Gasteiger partial charge on any atom is 0.306 e. The molecular weight excluding hydrogens is 1340 g/mol. The van der Waals surface area contributed by atoms with Gasteiger partial charge in [-0.05, 0) is 121 Å². The zero-order valence-electron chi connectivity index (χ0n) is 58.0. The van der Waals surface area contributed by atoms with Gasteiger partial charge < -0.3 is 42.6 Å². The number of carbonyl (C=O) groups is 6. The zero-order valence-corrected chi connectivity index (χ0v) is 62.9. The van der Waals surface area contributed by atoms with Gasteiger partial charge in [0.15, 0.2) is 17.3 Å². The van der Waals surface area contributed by atoms with Crippen molar-refractivity contribution in [2.75, 3.05) is 190 Å². The van der Waals surface area contributed by atoms with E-state index in [1.165, 1.54) is 0 Å². The molecule has 6 rings (SSSR count). The topological polar surface area (TPSA) is 195 Å². The Morgan fingerprint density at radius 2 is 0.635 bits per heavy atom. The number of ketones is 3. The summed E-state index contributed by atoms with van der Waals surface area (Å²) in [5.41, 5.74) is -0.553. The Balaban J connectivity index is 0.829. The Morgan fingerprint density at radius 3 is 0.885 bits per heavy atom. The average Bonchev–Trinajstić information content (AvgIpc) is 0.908. The molecule has 0 atom stereocenters.